The van der Waals surface area contributed by atoms with Crippen LogP contribution in [0.25, 0.3) is 0 Å². The summed E-state index contributed by atoms with van der Waals surface area (Å²) in [5.74, 6) is 1.24. The molecule has 17 heavy (non-hydrogen) atoms. The van der Waals surface area contributed by atoms with Crippen LogP contribution in [0.5, 0.6) is 0 Å². The molecular formula is C13H27N3O. The minimum Gasteiger partial charge on any atom is -0.409 e. The molecule has 0 bridgehead atoms. The summed E-state index contributed by atoms with van der Waals surface area (Å²) in [5.41, 5.74) is 5.44. The van der Waals surface area contributed by atoms with Crippen LogP contribution in [0.1, 0.15) is 52.9 Å². The lowest BCUT2D eigenvalue weighted by Gasteiger charge is -2.22. The molecule has 100 valence electrons. The van der Waals surface area contributed by atoms with Crippen molar-refractivity contribution in [2.75, 3.05) is 6.54 Å². The molecule has 0 heterocycles. The van der Waals surface area contributed by atoms with Crippen molar-refractivity contribution >= 4 is 5.84 Å². The summed E-state index contributed by atoms with van der Waals surface area (Å²) in [6.07, 6.45) is 6.00. The number of hydrogen-bond donors (Lipinski definition) is 3. The van der Waals surface area contributed by atoms with Crippen LogP contribution in [0, 0.1) is 11.3 Å². The highest BCUT2D eigenvalue weighted by Gasteiger charge is 2.35. The quantitative estimate of drug-likeness (QED) is 0.201. The van der Waals surface area contributed by atoms with Gasteiger partial charge in [0, 0.05) is 11.5 Å². The van der Waals surface area contributed by atoms with Gasteiger partial charge in [-0.3, -0.25) is 0 Å². The first-order valence-electron chi connectivity index (χ1n) is 6.72. The van der Waals surface area contributed by atoms with Gasteiger partial charge in [-0.15, -0.1) is 0 Å². The summed E-state index contributed by atoms with van der Waals surface area (Å²) < 4.78 is 0. The lowest BCUT2D eigenvalue weighted by atomic mass is 9.86. The molecule has 0 spiro atoms. The van der Waals surface area contributed by atoms with Gasteiger partial charge in [0.15, 0.2) is 0 Å². The monoisotopic (exact) mass is 241 g/mol. The Labute approximate surface area is 105 Å². The van der Waals surface area contributed by atoms with Gasteiger partial charge in [-0.1, -0.05) is 32.3 Å². The molecule has 2 unspecified atom stereocenters. The number of nitrogens with one attached hydrogen (secondary N) is 1. The van der Waals surface area contributed by atoms with E-state index in [2.05, 4.69) is 17.4 Å². The highest BCUT2D eigenvalue weighted by Crippen LogP contribution is 2.34. The molecule has 0 aromatic rings. The van der Waals surface area contributed by atoms with Crippen molar-refractivity contribution in [1.29, 1.82) is 0 Å². The van der Waals surface area contributed by atoms with Crippen molar-refractivity contribution in [1.82, 2.24) is 5.32 Å². The minimum atomic E-state index is -0.206. The summed E-state index contributed by atoms with van der Waals surface area (Å²) >= 11 is 0. The van der Waals surface area contributed by atoms with E-state index < -0.39 is 0 Å². The Bertz CT molecular complexity index is 263. The molecule has 0 aliphatic heterocycles. The predicted molar refractivity (Wildman–Crippen MR) is 71.2 cm³/mol. The first-order valence-corrected chi connectivity index (χ1v) is 6.72. The summed E-state index contributed by atoms with van der Waals surface area (Å²) in [5, 5.41) is 15.3. The van der Waals surface area contributed by atoms with E-state index in [9.17, 15) is 0 Å². The molecular weight excluding hydrogens is 214 g/mol. The third kappa shape index (κ3) is 4.54. The Balaban J connectivity index is 2.09. The Morgan fingerprint density at radius 2 is 2.24 bits per heavy atom. The lowest BCUT2D eigenvalue weighted by Crippen LogP contribution is -2.33. The van der Waals surface area contributed by atoms with Gasteiger partial charge in [0.2, 0.25) is 0 Å². The Hall–Kier alpha value is -0.770. The zero-order valence-corrected chi connectivity index (χ0v) is 11.4. The summed E-state index contributed by atoms with van der Waals surface area (Å²) in [7, 11) is 0. The van der Waals surface area contributed by atoms with Gasteiger partial charge in [-0.25, -0.2) is 0 Å². The van der Waals surface area contributed by atoms with Gasteiger partial charge in [0.25, 0.3) is 0 Å². The Kier molecular flexibility index (Phi) is 5.25. The minimum absolute atomic E-state index is 0.206. The van der Waals surface area contributed by atoms with E-state index in [0.717, 1.165) is 31.3 Å². The summed E-state index contributed by atoms with van der Waals surface area (Å²) in [4.78, 5) is 0. The fraction of sp³-hybridized carbons (Fsp3) is 0.923. The van der Waals surface area contributed by atoms with Crippen LogP contribution in [0.15, 0.2) is 5.16 Å². The molecule has 0 radical (unpaired) electrons. The zero-order valence-electron chi connectivity index (χ0n) is 11.4. The largest absolute Gasteiger partial charge is 0.409 e. The molecule has 2 atom stereocenters. The topological polar surface area (TPSA) is 70.6 Å². The van der Waals surface area contributed by atoms with Gasteiger partial charge in [0.1, 0.15) is 5.84 Å². The van der Waals surface area contributed by atoms with Crippen LogP contribution in [0.2, 0.25) is 0 Å². The van der Waals surface area contributed by atoms with Crippen LogP contribution in [-0.2, 0) is 0 Å². The van der Waals surface area contributed by atoms with Crippen molar-refractivity contribution in [2.24, 2.45) is 22.2 Å². The molecule has 4 N–H and O–H groups in total. The van der Waals surface area contributed by atoms with Gasteiger partial charge >= 0.3 is 0 Å². The zero-order chi connectivity index (χ0) is 12.9. The fourth-order valence-corrected chi connectivity index (χ4v) is 2.27. The van der Waals surface area contributed by atoms with Crippen LogP contribution >= 0.6 is 0 Å². The molecule has 0 saturated heterocycles. The third-order valence-corrected chi connectivity index (χ3v) is 3.77. The number of hydrogen-bond acceptors (Lipinski definition) is 3. The van der Waals surface area contributed by atoms with Gasteiger partial charge in [0.05, 0.1) is 0 Å². The van der Waals surface area contributed by atoms with E-state index in [1.807, 2.05) is 13.8 Å². The molecule has 1 aliphatic carbocycles. The molecule has 4 nitrogen and oxygen atoms in total. The molecule has 1 aliphatic rings. The number of amidine groups is 1. The van der Waals surface area contributed by atoms with E-state index in [0.29, 0.717) is 5.84 Å². The maximum absolute atomic E-state index is 8.67. The Morgan fingerprint density at radius 1 is 1.53 bits per heavy atom. The van der Waals surface area contributed by atoms with E-state index in [1.165, 1.54) is 19.3 Å². The second kappa shape index (κ2) is 6.24. The average molecular weight is 241 g/mol. The van der Waals surface area contributed by atoms with Gasteiger partial charge in [-0.05, 0) is 38.1 Å². The number of nitrogens with two attached hydrogens (primary N) is 1. The van der Waals surface area contributed by atoms with Crippen molar-refractivity contribution in [3.8, 4) is 0 Å². The first-order chi connectivity index (χ1) is 8.01. The van der Waals surface area contributed by atoms with Crippen LogP contribution < -0.4 is 11.1 Å². The lowest BCUT2D eigenvalue weighted by molar-refractivity contribution is 0.304. The van der Waals surface area contributed by atoms with E-state index in [-0.39, 0.29) is 5.41 Å². The fourth-order valence-electron chi connectivity index (χ4n) is 2.27. The van der Waals surface area contributed by atoms with Crippen LogP contribution in [0.3, 0.4) is 0 Å². The average Bonchev–Trinajstić information content (AvgIpc) is 3.02. The number of oxime groups is 1. The number of rotatable bonds is 8. The second-order valence-corrected chi connectivity index (χ2v) is 5.82. The van der Waals surface area contributed by atoms with Crippen molar-refractivity contribution in [3.05, 3.63) is 0 Å². The molecule has 1 rings (SSSR count). The van der Waals surface area contributed by atoms with E-state index in [4.69, 9.17) is 10.9 Å². The van der Waals surface area contributed by atoms with Gasteiger partial charge in [-0.2, -0.15) is 0 Å². The maximum Gasteiger partial charge on any atom is 0.144 e. The van der Waals surface area contributed by atoms with Crippen molar-refractivity contribution in [2.45, 2.75) is 58.9 Å². The maximum atomic E-state index is 8.67. The third-order valence-electron chi connectivity index (χ3n) is 3.77. The van der Waals surface area contributed by atoms with Crippen LogP contribution in [0.4, 0.5) is 0 Å². The molecule has 0 aromatic carbocycles. The van der Waals surface area contributed by atoms with Crippen molar-refractivity contribution in [3.63, 3.8) is 0 Å². The Morgan fingerprint density at radius 3 is 2.82 bits per heavy atom. The first kappa shape index (κ1) is 14.3. The summed E-state index contributed by atoms with van der Waals surface area (Å²) in [6, 6.07) is 0.752. The molecule has 0 aromatic heterocycles. The summed E-state index contributed by atoms with van der Waals surface area (Å²) in [6.45, 7) is 7.31. The van der Waals surface area contributed by atoms with Crippen LogP contribution in [-0.4, -0.2) is 23.6 Å². The smallest absolute Gasteiger partial charge is 0.144 e. The SMILES string of the molecule is CCCC1CC1NCCCC(C)(C)C(N)=NO. The number of nitrogens with zero attached hydrogens (tertiary/aromatic N) is 1. The molecule has 4 heteroatoms. The highest BCUT2D eigenvalue weighted by molar-refractivity contribution is 5.85. The molecule has 0 amide bonds. The van der Waals surface area contributed by atoms with Crippen molar-refractivity contribution < 1.29 is 5.21 Å². The predicted octanol–water partition coefficient (Wildman–Crippen LogP) is 2.32. The molecule has 1 saturated carbocycles. The van der Waals surface area contributed by atoms with Gasteiger partial charge < -0.3 is 16.3 Å². The standard InChI is InChI=1S/C13H27N3O/c1-4-6-10-9-11(10)15-8-5-7-13(2,3)12(14)16-17/h10-11,15,17H,4-9H2,1-3H3,(H2,14,16). The second-order valence-electron chi connectivity index (χ2n) is 5.82. The van der Waals surface area contributed by atoms with E-state index >= 15 is 0 Å². The van der Waals surface area contributed by atoms with E-state index in [1.54, 1.807) is 0 Å². The normalized spacial score (nSPS) is 25.0. The molecule has 1 fully saturated rings. The highest BCUT2D eigenvalue weighted by atomic mass is 16.4.